The smallest absolute Gasteiger partial charge is 0.247 e. The van der Waals surface area contributed by atoms with Crippen molar-refractivity contribution in [2.45, 2.75) is 26.8 Å². The van der Waals surface area contributed by atoms with Gasteiger partial charge in [-0.1, -0.05) is 32.0 Å². The summed E-state index contributed by atoms with van der Waals surface area (Å²) < 4.78 is 7.96. The number of hydrogen-bond acceptors (Lipinski definition) is 5. The van der Waals surface area contributed by atoms with E-state index in [0.717, 1.165) is 4.88 Å². The maximum absolute atomic E-state index is 12.9. The lowest BCUT2D eigenvalue weighted by Gasteiger charge is -2.17. The Labute approximate surface area is 167 Å². The average Bonchev–Trinajstić information content (AvgIpc) is 3.29. The zero-order valence-corrected chi connectivity index (χ0v) is 17.1. The van der Waals surface area contributed by atoms with Crippen molar-refractivity contribution in [3.8, 4) is 16.5 Å². The number of aromatic amines is 1. The second-order valence-corrected chi connectivity index (χ2v) is 7.90. The number of carbonyl (C=O) groups excluding carboxylic acids is 1. The molecule has 27 heavy (non-hydrogen) atoms. The number of carbonyl (C=O) groups is 1. The highest BCUT2D eigenvalue weighted by Crippen LogP contribution is 2.28. The van der Waals surface area contributed by atoms with Crippen LogP contribution in [0, 0.1) is 10.7 Å². The van der Waals surface area contributed by atoms with E-state index in [0.29, 0.717) is 34.6 Å². The second-order valence-electron chi connectivity index (χ2n) is 6.57. The Bertz CT molecular complexity index is 960. The summed E-state index contributed by atoms with van der Waals surface area (Å²) in [6.07, 6.45) is 0. The average molecular weight is 403 g/mol. The van der Waals surface area contributed by atoms with Crippen molar-refractivity contribution in [3.05, 3.63) is 46.5 Å². The maximum Gasteiger partial charge on any atom is 0.247 e. The first-order valence-electron chi connectivity index (χ1n) is 8.71. The fourth-order valence-corrected chi connectivity index (χ4v) is 3.55. The molecule has 0 aliphatic carbocycles. The first-order chi connectivity index (χ1) is 13.0. The number of nitrogens with one attached hydrogen (secondary N) is 2. The minimum Gasteiger partial charge on any atom is -0.491 e. The molecule has 0 spiro atoms. The van der Waals surface area contributed by atoms with Gasteiger partial charge in [0.15, 0.2) is 10.6 Å². The lowest BCUT2D eigenvalue weighted by Crippen LogP contribution is -2.24. The van der Waals surface area contributed by atoms with Crippen molar-refractivity contribution in [2.24, 2.45) is 5.92 Å². The van der Waals surface area contributed by atoms with Gasteiger partial charge in [-0.05, 0) is 48.6 Å². The van der Waals surface area contributed by atoms with Crippen LogP contribution in [0.25, 0.3) is 10.7 Å². The van der Waals surface area contributed by atoms with Crippen molar-refractivity contribution in [2.75, 3.05) is 11.9 Å². The van der Waals surface area contributed by atoms with E-state index in [1.165, 1.54) is 0 Å². The normalized spacial score (nSPS) is 12.1. The van der Waals surface area contributed by atoms with E-state index in [2.05, 4.69) is 29.4 Å². The van der Waals surface area contributed by atoms with E-state index >= 15 is 0 Å². The molecule has 2 heterocycles. The fourth-order valence-electron chi connectivity index (χ4n) is 2.55. The van der Waals surface area contributed by atoms with Crippen LogP contribution < -0.4 is 10.1 Å². The van der Waals surface area contributed by atoms with Gasteiger partial charge in [-0.25, -0.2) is 0 Å². The first-order valence-corrected chi connectivity index (χ1v) is 9.99. The van der Waals surface area contributed by atoms with Gasteiger partial charge in [-0.15, -0.1) is 11.3 Å². The van der Waals surface area contributed by atoms with Crippen molar-refractivity contribution in [1.29, 1.82) is 0 Å². The van der Waals surface area contributed by atoms with Gasteiger partial charge in [0.25, 0.3) is 0 Å². The molecular weight excluding hydrogens is 380 g/mol. The number of ether oxygens (including phenoxy) is 1. The number of hydrogen-bond donors (Lipinski definition) is 2. The van der Waals surface area contributed by atoms with Crippen LogP contribution >= 0.6 is 23.6 Å². The Morgan fingerprint density at radius 3 is 2.78 bits per heavy atom. The van der Waals surface area contributed by atoms with Gasteiger partial charge in [-0.3, -0.25) is 14.5 Å². The number of H-pyrrole nitrogens is 1. The van der Waals surface area contributed by atoms with Gasteiger partial charge in [0.1, 0.15) is 11.8 Å². The summed E-state index contributed by atoms with van der Waals surface area (Å²) in [6, 6.07) is 10.8. The molecule has 0 aliphatic heterocycles. The molecular formula is C19H22N4O2S2. The second kappa shape index (κ2) is 8.49. The van der Waals surface area contributed by atoms with Crippen LogP contribution in [-0.2, 0) is 4.79 Å². The summed E-state index contributed by atoms with van der Waals surface area (Å²) in [6.45, 7) is 6.54. The predicted octanol–water partition coefficient (Wildman–Crippen LogP) is 4.90. The first kappa shape index (κ1) is 19.3. The molecule has 3 aromatic rings. The van der Waals surface area contributed by atoms with Crippen molar-refractivity contribution < 1.29 is 9.53 Å². The molecule has 0 radical (unpaired) electrons. The third-order valence-corrected chi connectivity index (χ3v) is 5.08. The summed E-state index contributed by atoms with van der Waals surface area (Å²) >= 11 is 6.89. The SMILES string of the molecule is CC(C)COc1ccccc1NC(=O)C(C)n1c(-c2cccs2)n[nH]c1=S. The number of para-hydroxylation sites is 2. The lowest BCUT2D eigenvalue weighted by molar-refractivity contribution is -0.118. The minimum absolute atomic E-state index is 0.189. The van der Waals surface area contributed by atoms with E-state index in [1.54, 1.807) is 22.8 Å². The molecule has 0 fully saturated rings. The van der Waals surface area contributed by atoms with Gasteiger partial charge in [0.05, 0.1) is 17.2 Å². The summed E-state index contributed by atoms with van der Waals surface area (Å²) in [5.41, 5.74) is 0.641. The molecule has 1 unspecified atom stereocenters. The molecule has 2 aromatic heterocycles. The minimum atomic E-state index is -0.536. The molecule has 0 bridgehead atoms. The van der Waals surface area contributed by atoms with E-state index < -0.39 is 6.04 Å². The summed E-state index contributed by atoms with van der Waals surface area (Å²) in [5, 5.41) is 12.0. The molecule has 0 saturated carbocycles. The van der Waals surface area contributed by atoms with Crippen LogP contribution in [0.2, 0.25) is 0 Å². The van der Waals surface area contributed by atoms with Gasteiger partial charge < -0.3 is 10.1 Å². The molecule has 1 amide bonds. The number of thiophene rings is 1. The standard InChI is InChI=1S/C19H22N4O2S2/c1-12(2)11-25-15-8-5-4-7-14(15)20-18(24)13(3)23-17(21-22-19(23)26)16-9-6-10-27-16/h4-10,12-13H,11H2,1-3H3,(H,20,24)(H,22,26). The third-order valence-electron chi connectivity index (χ3n) is 3.93. The molecule has 142 valence electrons. The predicted molar refractivity (Wildman–Crippen MR) is 111 cm³/mol. The van der Waals surface area contributed by atoms with E-state index in [1.807, 2.05) is 41.8 Å². The number of nitrogens with zero attached hydrogens (tertiary/aromatic N) is 2. The highest BCUT2D eigenvalue weighted by atomic mass is 32.1. The number of anilines is 1. The Balaban J connectivity index is 1.82. The highest BCUT2D eigenvalue weighted by Gasteiger charge is 2.22. The topological polar surface area (TPSA) is 71.9 Å². The van der Waals surface area contributed by atoms with Crippen molar-refractivity contribution >= 4 is 35.1 Å². The van der Waals surface area contributed by atoms with Crippen LogP contribution in [0.4, 0.5) is 5.69 Å². The van der Waals surface area contributed by atoms with Gasteiger partial charge >= 0.3 is 0 Å². The zero-order chi connectivity index (χ0) is 19.4. The number of benzene rings is 1. The third kappa shape index (κ3) is 4.45. The fraction of sp³-hybridized carbons (Fsp3) is 0.316. The van der Waals surface area contributed by atoms with Crippen LogP contribution in [-0.4, -0.2) is 27.3 Å². The number of rotatable bonds is 7. The van der Waals surface area contributed by atoms with Gasteiger partial charge in [-0.2, -0.15) is 5.10 Å². The van der Waals surface area contributed by atoms with Crippen LogP contribution in [0.15, 0.2) is 41.8 Å². The Kier molecular flexibility index (Phi) is 6.08. The summed E-state index contributed by atoms with van der Waals surface area (Å²) in [5.74, 6) is 1.51. The highest BCUT2D eigenvalue weighted by molar-refractivity contribution is 7.71. The van der Waals surface area contributed by atoms with E-state index in [4.69, 9.17) is 17.0 Å². The molecule has 1 atom stereocenters. The monoisotopic (exact) mass is 402 g/mol. The molecule has 0 aliphatic rings. The van der Waals surface area contributed by atoms with E-state index in [9.17, 15) is 4.79 Å². The quantitative estimate of drug-likeness (QED) is 0.551. The molecule has 6 nitrogen and oxygen atoms in total. The Morgan fingerprint density at radius 2 is 2.07 bits per heavy atom. The zero-order valence-electron chi connectivity index (χ0n) is 15.4. The van der Waals surface area contributed by atoms with Crippen LogP contribution in [0.1, 0.15) is 26.8 Å². The Hall–Kier alpha value is -2.45. The molecule has 0 saturated heterocycles. The maximum atomic E-state index is 12.9. The van der Waals surface area contributed by atoms with Gasteiger partial charge in [0, 0.05) is 0 Å². The molecule has 2 N–H and O–H groups in total. The Morgan fingerprint density at radius 1 is 1.30 bits per heavy atom. The summed E-state index contributed by atoms with van der Waals surface area (Å²) in [4.78, 5) is 13.9. The van der Waals surface area contributed by atoms with E-state index in [-0.39, 0.29) is 5.91 Å². The molecule has 8 heteroatoms. The number of aromatic nitrogens is 3. The lowest BCUT2D eigenvalue weighted by atomic mass is 10.2. The van der Waals surface area contributed by atoms with Crippen LogP contribution in [0.5, 0.6) is 5.75 Å². The van der Waals surface area contributed by atoms with Crippen molar-refractivity contribution in [1.82, 2.24) is 14.8 Å². The number of amides is 1. The largest absolute Gasteiger partial charge is 0.491 e. The van der Waals surface area contributed by atoms with Gasteiger partial charge in [0.2, 0.25) is 5.91 Å². The molecule has 3 rings (SSSR count). The van der Waals surface area contributed by atoms with Crippen LogP contribution in [0.3, 0.4) is 0 Å². The summed E-state index contributed by atoms with van der Waals surface area (Å²) in [7, 11) is 0. The van der Waals surface area contributed by atoms with Crippen molar-refractivity contribution in [3.63, 3.8) is 0 Å². The molecule has 1 aromatic carbocycles.